The number of nitrogens with zero attached hydrogens (tertiary/aromatic N) is 3. The zero-order chi connectivity index (χ0) is 16.4. The SMILES string of the molecule is COc1cc(OC)cc(-c2nn(CN(C)CC3CC3)c(=S)o2)c1. The van der Waals surface area contributed by atoms with Gasteiger partial charge in [0.1, 0.15) is 11.5 Å². The van der Waals surface area contributed by atoms with Crippen LogP contribution in [0, 0.1) is 10.8 Å². The first-order valence-electron chi connectivity index (χ1n) is 7.59. The van der Waals surface area contributed by atoms with Crippen LogP contribution in [0.15, 0.2) is 22.6 Å². The third kappa shape index (κ3) is 3.92. The van der Waals surface area contributed by atoms with Gasteiger partial charge in [-0.1, -0.05) is 0 Å². The fourth-order valence-electron chi connectivity index (χ4n) is 2.47. The Bertz CT molecular complexity index is 714. The van der Waals surface area contributed by atoms with Gasteiger partial charge in [0, 0.05) is 18.2 Å². The number of rotatable bonds is 7. The van der Waals surface area contributed by atoms with Gasteiger partial charge in [-0.2, -0.15) is 0 Å². The molecule has 124 valence electrons. The number of hydrogen-bond donors (Lipinski definition) is 0. The second kappa shape index (κ2) is 6.72. The van der Waals surface area contributed by atoms with Crippen molar-refractivity contribution < 1.29 is 13.9 Å². The molecule has 0 atom stereocenters. The minimum Gasteiger partial charge on any atom is -0.497 e. The average molecular weight is 335 g/mol. The molecule has 0 saturated heterocycles. The van der Waals surface area contributed by atoms with Crippen LogP contribution in [-0.2, 0) is 6.67 Å². The largest absolute Gasteiger partial charge is 0.497 e. The maximum absolute atomic E-state index is 5.65. The van der Waals surface area contributed by atoms with E-state index in [2.05, 4.69) is 17.0 Å². The van der Waals surface area contributed by atoms with E-state index in [0.29, 0.717) is 28.9 Å². The van der Waals surface area contributed by atoms with E-state index in [9.17, 15) is 0 Å². The zero-order valence-corrected chi connectivity index (χ0v) is 14.4. The smallest absolute Gasteiger partial charge is 0.288 e. The summed E-state index contributed by atoms with van der Waals surface area (Å²) in [5.74, 6) is 2.65. The highest BCUT2D eigenvalue weighted by molar-refractivity contribution is 7.71. The van der Waals surface area contributed by atoms with E-state index in [1.54, 1.807) is 25.0 Å². The molecule has 0 spiro atoms. The number of methoxy groups -OCH3 is 2. The Hall–Kier alpha value is -1.86. The Morgan fingerprint density at radius 1 is 1.26 bits per heavy atom. The van der Waals surface area contributed by atoms with E-state index < -0.39 is 0 Å². The first-order valence-corrected chi connectivity index (χ1v) is 8.00. The van der Waals surface area contributed by atoms with Crippen LogP contribution in [0.3, 0.4) is 0 Å². The Balaban J connectivity index is 1.83. The van der Waals surface area contributed by atoms with Crippen molar-refractivity contribution in [2.24, 2.45) is 5.92 Å². The lowest BCUT2D eigenvalue weighted by molar-refractivity contribution is 0.239. The number of benzene rings is 1. The Labute approximate surface area is 140 Å². The minimum absolute atomic E-state index is 0.365. The Kier molecular flexibility index (Phi) is 4.68. The number of ether oxygens (including phenoxy) is 2. The molecule has 1 fully saturated rings. The fourth-order valence-corrected chi connectivity index (χ4v) is 2.65. The van der Waals surface area contributed by atoms with Crippen molar-refractivity contribution in [3.05, 3.63) is 23.0 Å². The summed E-state index contributed by atoms with van der Waals surface area (Å²) in [6.07, 6.45) is 2.65. The van der Waals surface area contributed by atoms with Crippen molar-refractivity contribution in [3.63, 3.8) is 0 Å². The van der Waals surface area contributed by atoms with E-state index in [-0.39, 0.29) is 0 Å². The molecule has 1 aromatic carbocycles. The summed E-state index contributed by atoms with van der Waals surface area (Å²) in [5.41, 5.74) is 0.774. The van der Waals surface area contributed by atoms with Crippen LogP contribution in [0.25, 0.3) is 11.5 Å². The lowest BCUT2D eigenvalue weighted by atomic mass is 10.2. The summed E-state index contributed by atoms with van der Waals surface area (Å²) in [6, 6.07) is 5.50. The predicted molar refractivity (Wildman–Crippen MR) is 89.2 cm³/mol. The van der Waals surface area contributed by atoms with Crippen molar-refractivity contribution in [1.29, 1.82) is 0 Å². The molecule has 0 amide bonds. The molecular formula is C16H21N3O3S. The highest BCUT2D eigenvalue weighted by Crippen LogP contribution is 2.30. The topological polar surface area (TPSA) is 52.7 Å². The lowest BCUT2D eigenvalue weighted by Crippen LogP contribution is -2.24. The summed E-state index contributed by atoms with van der Waals surface area (Å²) in [7, 11) is 5.29. The summed E-state index contributed by atoms with van der Waals surface area (Å²) in [4.78, 5) is 2.58. The molecule has 7 heteroatoms. The van der Waals surface area contributed by atoms with Crippen LogP contribution in [0.4, 0.5) is 0 Å². The summed E-state index contributed by atoms with van der Waals surface area (Å²) in [5, 5.41) is 4.49. The molecule has 0 radical (unpaired) electrons. The molecule has 1 saturated carbocycles. The van der Waals surface area contributed by atoms with Gasteiger partial charge in [0.2, 0.25) is 5.89 Å². The normalized spacial score (nSPS) is 14.3. The fraction of sp³-hybridized carbons (Fsp3) is 0.500. The van der Waals surface area contributed by atoms with Gasteiger partial charge in [0.25, 0.3) is 4.84 Å². The van der Waals surface area contributed by atoms with Crippen molar-refractivity contribution in [2.45, 2.75) is 19.5 Å². The zero-order valence-electron chi connectivity index (χ0n) is 13.6. The Morgan fingerprint density at radius 3 is 2.48 bits per heavy atom. The molecule has 0 unspecified atom stereocenters. The van der Waals surface area contributed by atoms with Gasteiger partial charge in [-0.15, -0.1) is 5.10 Å². The molecule has 1 aliphatic rings. The molecule has 23 heavy (non-hydrogen) atoms. The molecule has 0 bridgehead atoms. The van der Waals surface area contributed by atoms with Gasteiger partial charge in [-0.05, 0) is 50.2 Å². The average Bonchev–Trinajstić information content (AvgIpc) is 3.29. The molecule has 0 aliphatic heterocycles. The molecule has 3 rings (SSSR count). The van der Waals surface area contributed by atoms with Gasteiger partial charge >= 0.3 is 0 Å². The highest BCUT2D eigenvalue weighted by Gasteiger charge is 2.23. The quantitative estimate of drug-likeness (QED) is 0.724. The molecule has 1 aromatic heterocycles. The second-order valence-electron chi connectivity index (χ2n) is 5.90. The van der Waals surface area contributed by atoms with E-state index in [1.807, 2.05) is 12.1 Å². The first kappa shape index (κ1) is 16.0. The monoisotopic (exact) mass is 335 g/mol. The van der Waals surface area contributed by atoms with E-state index in [4.69, 9.17) is 26.1 Å². The lowest BCUT2D eigenvalue weighted by Gasteiger charge is -2.14. The summed E-state index contributed by atoms with van der Waals surface area (Å²) >= 11 is 5.29. The number of hydrogen-bond acceptors (Lipinski definition) is 6. The maximum atomic E-state index is 5.65. The molecular weight excluding hydrogens is 314 g/mol. The van der Waals surface area contributed by atoms with Gasteiger partial charge in [-0.3, -0.25) is 4.90 Å². The summed E-state index contributed by atoms with van der Waals surface area (Å²) < 4.78 is 17.9. The maximum Gasteiger partial charge on any atom is 0.288 e. The molecule has 0 N–H and O–H groups in total. The van der Waals surface area contributed by atoms with Gasteiger partial charge in [0.15, 0.2) is 0 Å². The highest BCUT2D eigenvalue weighted by atomic mass is 32.1. The third-order valence-electron chi connectivity index (χ3n) is 3.85. The van der Waals surface area contributed by atoms with Crippen molar-refractivity contribution >= 4 is 12.2 Å². The standard InChI is InChI=1S/C16H21N3O3S/c1-18(9-11-4-5-11)10-19-16(23)22-15(17-19)12-6-13(20-2)8-14(7-12)21-3/h6-8,11H,4-5,9-10H2,1-3H3. The predicted octanol–water partition coefficient (Wildman–Crippen LogP) is 3.19. The van der Waals surface area contributed by atoms with Gasteiger partial charge in [-0.25, -0.2) is 4.68 Å². The molecule has 6 nitrogen and oxygen atoms in total. The van der Waals surface area contributed by atoms with Crippen molar-refractivity contribution in [3.8, 4) is 23.0 Å². The van der Waals surface area contributed by atoms with Crippen LogP contribution < -0.4 is 9.47 Å². The third-order valence-corrected chi connectivity index (χ3v) is 4.14. The van der Waals surface area contributed by atoms with E-state index >= 15 is 0 Å². The summed E-state index contributed by atoms with van der Waals surface area (Å²) in [6.45, 7) is 1.69. The number of aromatic nitrogens is 2. The minimum atomic E-state index is 0.365. The Morgan fingerprint density at radius 2 is 1.91 bits per heavy atom. The molecule has 1 heterocycles. The molecule has 1 aliphatic carbocycles. The van der Waals surface area contributed by atoms with Crippen LogP contribution in [-0.4, -0.2) is 42.5 Å². The van der Waals surface area contributed by atoms with E-state index in [0.717, 1.165) is 18.0 Å². The van der Waals surface area contributed by atoms with Crippen LogP contribution in [0.1, 0.15) is 12.8 Å². The van der Waals surface area contributed by atoms with Crippen LogP contribution in [0.2, 0.25) is 0 Å². The van der Waals surface area contributed by atoms with Crippen molar-refractivity contribution in [2.75, 3.05) is 27.8 Å². The van der Waals surface area contributed by atoms with Gasteiger partial charge < -0.3 is 13.9 Å². The van der Waals surface area contributed by atoms with Crippen LogP contribution in [0.5, 0.6) is 11.5 Å². The second-order valence-corrected chi connectivity index (χ2v) is 6.25. The van der Waals surface area contributed by atoms with Gasteiger partial charge in [0.05, 0.1) is 20.9 Å². The van der Waals surface area contributed by atoms with Crippen LogP contribution >= 0.6 is 12.2 Å². The van der Waals surface area contributed by atoms with Crippen molar-refractivity contribution in [1.82, 2.24) is 14.7 Å². The first-order chi connectivity index (χ1) is 11.1. The molecule has 2 aromatic rings. The van der Waals surface area contributed by atoms with E-state index in [1.165, 1.54) is 12.8 Å².